The van der Waals surface area contributed by atoms with Gasteiger partial charge in [0.05, 0.1) is 5.56 Å². The standard InChI is InChI=1S/C19H17N3O3/c1-2-12-20-17(23)13-24-16-11-7-6-10-15(16)19-21-18(22-25-19)14-8-4-3-5-9-14/h2-11H,1,12-13H2,(H,20,23). The molecule has 0 saturated carbocycles. The lowest BCUT2D eigenvalue weighted by Gasteiger charge is -2.08. The minimum absolute atomic E-state index is 0.107. The van der Waals surface area contributed by atoms with Gasteiger partial charge in [0, 0.05) is 12.1 Å². The maximum absolute atomic E-state index is 11.7. The van der Waals surface area contributed by atoms with Crippen molar-refractivity contribution in [1.82, 2.24) is 15.5 Å². The summed E-state index contributed by atoms with van der Waals surface area (Å²) in [6.45, 7) is 3.84. The van der Waals surface area contributed by atoms with Crippen LogP contribution in [0.15, 0.2) is 71.8 Å². The summed E-state index contributed by atoms with van der Waals surface area (Å²) >= 11 is 0. The number of para-hydroxylation sites is 1. The smallest absolute Gasteiger partial charge is 0.262 e. The van der Waals surface area contributed by atoms with E-state index in [9.17, 15) is 4.79 Å². The number of nitrogens with zero attached hydrogens (tertiary/aromatic N) is 2. The van der Waals surface area contributed by atoms with Crippen LogP contribution in [0.5, 0.6) is 5.75 Å². The van der Waals surface area contributed by atoms with Crippen LogP contribution in [-0.4, -0.2) is 29.2 Å². The number of nitrogens with one attached hydrogen (secondary N) is 1. The molecule has 0 saturated heterocycles. The van der Waals surface area contributed by atoms with Crippen LogP contribution in [0.25, 0.3) is 22.8 Å². The summed E-state index contributed by atoms with van der Waals surface area (Å²) in [6, 6.07) is 16.8. The maximum atomic E-state index is 11.7. The first-order valence-corrected chi connectivity index (χ1v) is 7.77. The summed E-state index contributed by atoms with van der Waals surface area (Å²) < 4.78 is 11.0. The van der Waals surface area contributed by atoms with Crippen molar-refractivity contribution in [3.63, 3.8) is 0 Å². The molecule has 126 valence electrons. The molecular weight excluding hydrogens is 318 g/mol. The highest BCUT2D eigenvalue weighted by Crippen LogP contribution is 2.30. The summed E-state index contributed by atoms with van der Waals surface area (Å²) in [5, 5.41) is 6.66. The van der Waals surface area contributed by atoms with Crippen LogP contribution in [-0.2, 0) is 4.79 Å². The number of aromatic nitrogens is 2. The fourth-order valence-corrected chi connectivity index (χ4v) is 2.19. The Labute approximate surface area is 145 Å². The SMILES string of the molecule is C=CCNC(=O)COc1ccccc1-c1nc(-c2ccccc2)no1. The summed E-state index contributed by atoms with van der Waals surface area (Å²) in [7, 11) is 0. The van der Waals surface area contributed by atoms with Gasteiger partial charge < -0.3 is 14.6 Å². The molecule has 0 aliphatic heterocycles. The van der Waals surface area contributed by atoms with Gasteiger partial charge in [0.1, 0.15) is 5.75 Å². The van der Waals surface area contributed by atoms with Crippen LogP contribution >= 0.6 is 0 Å². The maximum Gasteiger partial charge on any atom is 0.262 e. The van der Waals surface area contributed by atoms with Crippen molar-refractivity contribution in [2.24, 2.45) is 0 Å². The molecule has 25 heavy (non-hydrogen) atoms. The van der Waals surface area contributed by atoms with Crippen molar-refractivity contribution in [2.45, 2.75) is 0 Å². The van der Waals surface area contributed by atoms with E-state index in [2.05, 4.69) is 22.0 Å². The summed E-state index contributed by atoms with van der Waals surface area (Å²) in [6.07, 6.45) is 1.61. The third-order valence-electron chi connectivity index (χ3n) is 3.38. The number of amides is 1. The summed E-state index contributed by atoms with van der Waals surface area (Å²) in [5.41, 5.74) is 1.49. The Morgan fingerprint density at radius 2 is 1.92 bits per heavy atom. The highest BCUT2D eigenvalue weighted by molar-refractivity contribution is 5.78. The first-order chi connectivity index (χ1) is 12.3. The molecule has 6 heteroatoms. The minimum atomic E-state index is -0.231. The molecule has 0 atom stereocenters. The molecule has 6 nitrogen and oxygen atoms in total. The number of rotatable bonds is 7. The number of ether oxygens (including phenoxy) is 1. The molecule has 0 unspecified atom stereocenters. The molecule has 1 amide bonds. The highest BCUT2D eigenvalue weighted by atomic mass is 16.5. The lowest BCUT2D eigenvalue weighted by Crippen LogP contribution is -2.28. The molecule has 0 radical (unpaired) electrons. The second kappa shape index (κ2) is 7.92. The summed E-state index contributed by atoms with van der Waals surface area (Å²) in [5.74, 6) is 1.10. The first-order valence-electron chi connectivity index (χ1n) is 7.77. The molecule has 3 aromatic rings. The Morgan fingerprint density at radius 1 is 1.16 bits per heavy atom. The predicted molar refractivity (Wildman–Crippen MR) is 93.9 cm³/mol. The molecule has 0 fully saturated rings. The number of carbonyl (C=O) groups is 1. The normalized spacial score (nSPS) is 10.2. The molecular formula is C19H17N3O3. The van der Waals surface area contributed by atoms with E-state index in [-0.39, 0.29) is 12.5 Å². The van der Waals surface area contributed by atoms with E-state index >= 15 is 0 Å². The monoisotopic (exact) mass is 335 g/mol. The lowest BCUT2D eigenvalue weighted by molar-refractivity contribution is -0.122. The average Bonchev–Trinajstić information content (AvgIpc) is 3.15. The van der Waals surface area contributed by atoms with Crippen LogP contribution in [0.4, 0.5) is 0 Å². The van der Waals surface area contributed by atoms with Crippen LogP contribution in [0.3, 0.4) is 0 Å². The van der Waals surface area contributed by atoms with Crippen LogP contribution in [0, 0.1) is 0 Å². The second-order valence-electron chi connectivity index (χ2n) is 5.17. The van der Waals surface area contributed by atoms with E-state index in [4.69, 9.17) is 9.26 Å². The van der Waals surface area contributed by atoms with Crippen LogP contribution in [0.1, 0.15) is 0 Å². The van der Waals surface area contributed by atoms with Gasteiger partial charge in [0.15, 0.2) is 6.61 Å². The van der Waals surface area contributed by atoms with Crippen molar-refractivity contribution in [3.8, 4) is 28.6 Å². The van der Waals surface area contributed by atoms with E-state index in [1.807, 2.05) is 42.5 Å². The Kier molecular flexibility index (Phi) is 5.21. The quantitative estimate of drug-likeness (QED) is 0.671. The third kappa shape index (κ3) is 4.11. The molecule has 0 aliphatic rings. The fourth-order valence-electron chi connectivity index (χ4n) is 2.19. The van der Waals surface area contributed by atoms with Gasteiger partial charge in [-0.25, -0.2) is 0 Å². The molecule has 1 N–H and O–H groups in total. The minimum Gasteiger partial charge on any atom is -0.483 e. The molecule has 1 aromatic heterocycles. The predicted octanol–water partition coefficient (Wildman–Crippen LogP) is 3.08. The fraction of sp³-hybridized carbons (Fsp3) is 0.105. The topological polar surface area (TPSA) is 77.2 Å². The van der Waals surface area contributed by atoms with Gasteiger partial charge in [-0.05, 0) is 12.1 Å². The van der Waals surface area contributed by atoms with E-state index in [0.29, 0.717) is 29.6 Å². The van der Waals surface area contributed by atoms with E-state index in [1.54, 1.807) is 18.2 Å². The number of hydrogen-bond acceptors (Lipinski definition) is 5. The van der Waals surface area contributed by atoms with Crippen LogP contribution in [0.2, 0.25) is 0 Å². The second-order valence-corrected chi connectivity index (χ2v) is 5.17. The van der Waals surface area contributed by atoms with Crippen LogP contribution < -0.4 is 10.1 Å². The van der Waals surface area contributed by atoms with Gasteiger partial charge in [0.2, 0.25) is 5.82 Å². The Morgan fingerprint density at radius 3 is 2.72 bits per heavy atom. The molecule has 1 heterocycles. The zero-order valence-electron chi connectivity index (χ0n) is 13.5. The third-order valence-corrected chi connectivity index (χ3v) is 3.38. The van der Waals surface area contributed by atoms with E-state index in [1.165, 1.54) is 0 Å². The first kappa shape index (κ1) is 16.4. The Hall–Kier alpha value is -3.41. The van der Waals surface area contributed by atoms with E-state index in [0.717, 1.165) is 5.56 Å². The number of benzene rings is 2. The molecule has 0 spiro atoms. The van der Waals surface area contributed by atoms with Gasteiger partial charge in [-0.2, -0.15) is 4.98 Å². The Bertz CT molecular complexity index is 859. The molecule has 0 aliphatic carbocycles. The highest BCUT2D eigenvalue weighted by Gasteiger charge is 2.15. The molecule has 2 aromatic carbocycles. The number of hydrogen-bond donors (Lipinski definition) is 1. The van der Waals surface area contributed by atoms with Crippen molar-refractivity contribution in [2.75, 3.05) is 13.2 Å². The van der Waals surface area contributed by atoms with E-state index < -0.39 is 0 Å². The van der Waals surface area contributed by atoms with Crippen molar-refractivity contribution in [1.29, 1.82) is 0 Å². The zero-order valence-corrected chi connectivity index (χ0v) is 13.5. The van der Waals surface area contributed by atoms with Crippen molar-refractivity contribution >= 4 is 5.91 Å². The summed E-state index contributed by atoms with van der Waals surface area (Å²) in [4.78, 5) is 16.1. The number of carbonyl (C=O) groups excluding carboxylic acids is 1. The largest absolute Gasteiger partial charge is 0.483 e. The van der Waals surface area contributed by atoms with Crippen molar-refractivity contribution in [3.05, 3.63) is 67.3 Å². The Balaban J connectivity index is 1.78. The van der Waals surface area contributed by atoms with Gasteiger partial charge in [-0.1, -0.05) is 53.7 Å². The van der Waals surface area contributed by atoms with Gasteiger partial charge in [0.25, 0.3) is 11.8 Å². The molecule has 3 rings (SSSR count). The van der Waals surface area contributed by atoms with Gasteiger partial charge in [-0.3, -0.25) is 4.79 Å². The van der Waals surface area contributed by atoms with Crippen molar-refractivity contribution < 1.29 is 14.1 Å². The zero-order chi connectivity index (χ0) is 17.5. The van der Waals surface area contributed by atoms with Gasteiger partial charge in [-0.15, -0.1) is 6.58 Å². The lowest BCUT2D eigenvalue weighted by atomic mass is 10.2. The molecule has 0 bridgehead atoms. The average molecular weight is 335 g/mol. The van der Waals surface area contributed by atoms with Gasteiger partial charge >= 0.3 is 0 Å².